The van der Waals surface area contributed by atoms with Gasteiger partial charge in [-0.3, -0.25) is 4.79 Å². The van der Waals surface area contributed by atoms with Gasteiger partial charge in [-0.1, -0.05) is 12.1 Å². The van der Waals surface area contributed by atoms with Gasteiger partial charge in [0.15, 0.2) is 0 Å². The number of amides is 1. The Bertz CT molecular complexity index is 477. The molecule has 1 fully saturated rings. The molecule has 2 aliphatic rings. The first-order valence-corrected chi connectivity index (χ1v) is 6.38. The number of nitrogens with one attached hydrogen (secondary N) is 1. The van der Waals surface area contributed by atoms with Crippen molar-refractivity contribution in [3.63, 3.8) is 0 Å². The second-order valence-corrected chi connectivity index (χ2v) is 5.05. The van der Waals surface area contributed by atoms with Crippen LogP contribution in [0, 0.1) is 6.92 Å². The number of nitrogens with zero attached hydrogens (tertiary/aromatic N) is 1. The van der Waals surface area contributed by atoms with Gasteiger partial charge < -0.3 is 10.2 Å². The molecule has 0 bridgehead atoms. The van der Waals surface area contributed by atoms with Crippen LogP contribution in [0.1, 0.15) is 31.7 Å². The Labute approximate surface area is 102 Å². The highest BCUT2D eigenvalue weighted by molar-refractivity contribution is 6.07. The number of para-hydroxylation sites is 1. The lowest BCUT2D eigenvalue weighted by Gasteiger charge is -2.53. The van der Waals surface area contributed by atoms with Gasteiger partial charge in [0.1, 0.15) is 5.54 Å². The van der Waals surface area contributed by atoms with E-state index >= 15 is 0 Å². The number of likely N-dealkylation sites (N-methyl/N-ethyl adjacent to an activating group) is 1. The molecule has 1 heterocycles. The van der Waals surface area contributed by atoms with E-state index in [1.54, 1.807) is 0 Å². The summed E-state index contributed by atoms with van der Waals surface area (Å²) in [6.45, 7) is 5.14. The lowest BCUT2D eigenvalue weighted by atomic mass is 9.72. The summed E-state index contributed by atoms with van der Waals surface area (Å²) in [7, 11) is 0. The van der Waals surface area contributed by atoms with Gasteiger partial charge in [-0.05, 0) is 44.7 Å². The topological polar surface area (TPSA) is 32.3 Å². The van der Waals surface area contributed by atoms with E-state index in [-0.39, 0.29) is 11.4 Å². The van der Waals surface area contributed by atoms with E-state index in [9.17, 15) is 4.79 Å². The molecule has 0 radical (unpaired) electrons. The number of carbonyl (C=O) groups excluding carboxylic acids is 1. The zero-order valence-corrected chi connectivity index (χ0v) is 10.4. The van der Waals surface area contributed by atoms with Gasteiger partial charge in [0.25, 0.3) is 0 Å². The highest BCUT2D eigenvalue weighted by Crippen LogP contribution is 2.47. The van der Waals surface area contributed by atoms with Crippen molar-refractivity contribution in [2.75, 3.05) is 16.8 Å². The van der Waals surface area contributed by atoms with E-state index < -0.39 is 0 Å². The Morgan fingerprint density at radius 2 is 2.18 bits per heavy atom. The Kier molecular flexibility index (Phi) is 2.18. The van der Waals surface area contributed by atoms with Crippen LogP contribution in [0.25, 0.3) is 0 Å². The molecule has 0 aromatic heterocycles. The van der Waals surface area contributed by atoms with E-state index in [4.69, 9.17) is 0 Å². The first-order chi connectivity index (χ1) is 8.19. The third-order valence-electron chi connectivity index (χ3n) is 4.19. The molecule has 1 aliphatic heterocycles. The minimum Gasteiger partial charge on any atom is -0.355 e. The molecule has 3 nitrogen and oxygen atoms in total. The molecule has 1 aromatic carbocycles. The summed E-state index contributed by atoms with van der Waals surface area (Å²) in [5.41, 5.74) is 3.17. The maximum absolute atomic E-state index is 12.3. The van der Waals surface area contributed by atoms with Crippen molar-refractivity contribution in [3.8, 4) is 0 Å². The Balaban J connectivity index is 2.16. The summed E-state index contributed by atoms with van der Waals surface area (Å²) in [5, 5.41) is 3.08. The van der Waals surface area contributed by atoms with E-state index in [2.05, 4.69) is 30.1 Å². The number of hydrogen-bond donors (Lipinski definition) is 1. The van der Waals surface area contributed by atoms with Crippen molar-refractivity contribution >= 4 is 17.3 Å². The monoisotopic (exact) mass is 230 g/mol. The minimum atomic E-state index is -0.256. The van der Waals surface area contributed by atoms with Gasteiger partial charge in [-0.25, -0.2) is 0 Å². The fraction of sp³-hybridized carbons (Fsp3) is 0.500. The van der Waals surface area contributed by atoms with Gasteiger partial charge >= 0.3 is 0 Å². The molecular formula is C14H18N2O. The van der Waals surface area contributed by atoms with Crippen LogP contribution < -0.4 is 10.2 Å². The smallest absolute Gasteiger partial charge is 0.250 e. The third-order valence-corrected chi connectivity index (χ3v) is 4.19. The minimum absolute atomic E-state index is 0.184. The van der Waals surface area contributed by atoms with Gasteiger partial charge in [0, 0.05) is 6.54 Å². The summed E-state index contributed by atoms with van der Waals surface area (Å²) in [6.07, 6.45) is 3.13. The molecule has 1 saturated carbocycles. The molecule has 0 atom stereocenters. The van der Waals surface area contributed by atoms with Gasteiger partial charge in [0.05, 0.1) is 11.4 Å². The average molecular weight is 230 g/mol. The molecular weight excluding hydrogens is 212 g/mol. The van der Waals surface area contributed by atoms with Crippen LogP contribution in [0.5, 0.6) is 0 Å². The van der Waals surface area contributed by atoms with Crippen LogP contribution in [0.3, 0.4) is 0 Å². The number of aryl methyl sites for hydroxylation is 1. The van der Waals surface area contributed by atoms with Crippen molar-refractivity contribution in [2.45, 2.75) is 38.6 Å². The van der Waals surface area contributed by atoms with Gasteiger partial charge in [0.2, 0.25) is 5.91 Å². The van der Waals surface area contributed by atoms with E-state index in [1.165, 1.54) is 11.3 Å². The fourth-order valence-corrected chi connectivity index (χ4v) is 3.16. The normalized spacial score (nSPS) is 20.8. The van der Waals surface area contributed by atoms with Crippen molar-refractivity contribution in [1.29, 1.82) is 0 Å². The SMILES string of the molecule is CCN1c2c(C)cccc2NC(=O)C12CCC2. The van der Waals surface area contributed by atoms with Crippen molar-refractivity contribution in [1.82, 2.24) is 0 Å². The highest BCUT2D eigenvalue weighted by atomic mass is 16.2. The molecule has 17 heavy (non-hydrogen) atoms. The van der Waals surface area contributed by atoms with Crippen LogP contribution in [0.4, 0.5) is 11.4 Å². The maximum Gasteiger partial charge on any atom is 0.250 e. The summed E-state index contributed by atoms with van der Waals surface area (Å²) in [4.78, 5) is 14.6. The van der Waals surface area contributed by atoms with Crippen LogP contribution in [-0.2, 0) is 4.79 Å². The van der Waals surface area contributed by atoms with Gasteiger partial charge in [-0.2, -0.15) is 0 Å². The van der Waals surface area contributed by atoms with E-state index in [0.717, 1.165) is 31.5 Å². The molecule has 0 unspecified atom stereocenters. The third kappa shape index (κ3) is 1.25. The quantitative estimate of drug-likeness (QED) is 0.804. The molecule has 90 valence electrons. The number of carbonyl (C=O) groups is 1. The lowest BCUT2D eigenvalue weighted by molar-refractivity contribution is -0.124. The molecule has 1 aliphatic carbocycles. The molecule has 1 amide bonds. The molecule has 1 aromatic rings. The largest absolute Gasteiger partial charge is 0.355 e. The predicted octanol–water partition coefficient (Wildman–Crippen LogP) is 2.70. The van der Waals surface area contributed by atoms with Crippen LogP contribution in [-0.4, -0.2) is 18.0 Å². The standard InChI is InChI=1S/C14H18N2O/c1-3-16-12-10(2)6-4-7-11(12)15-13(17)14(16)8-5-9-14/h4,6-7H,3,5,8-9H2,1-2H3,(H,15,17). The van der Waals surface area contributed by atoms with Gasteiger partial charge in [-0.15, -0.1) is 0 Å². The number of hydrogen-bond acceptors (Lipinski definition) is 2. The zero-order chi connectivity index (χ0) is 12.0. The first-order valence-electron chi connectivity index (χ1n) is 6.38. The highest BCUT2D eigenvalue weighted by Gasteiger charge is 2.51. The summed E-state index contributed by atoms with van der Waals surface area (Å²) < 4.78 is 0. The Morgan fingerprint density at radius 3 is 2.76 bits per heavy atom. The number of rotatable bonds is 1. The Morgan fingerprint density at radius 1 is 1.41 bits per heavy atom. The van der Waals surface area contributed by atoms with Crippen molar-refractivity contribution in [3.05, 3.63) is 23.8 Å². The fourth-order valence-electron chi connectivity index (χ4n) is 3.16. The molecule has 0 saturated heterocycles. The number of fused-ring (bicyclic) bond motifs is 1. The Hall–Kier alpha value is -1.51. The number of anilines is 2. The van der Waals surface area contributed by atoms with E-state index in [0.29, 0.717) is 0 Å². The maximum atomic E-state index is 12.3. The predicted molar refractivity (Wildman–Crippen MR) is 69.4 cm³/mol. The number of benzene rings is 1. The second kappa shape index (κ2) is 3.49. The van der Waals surface area contributed by atoms with Crippen LogP contribution in [0.2, 0.25) is 0 Å². The van der Waals surface area contributed by atoms with Crippen molar-refractivity contribution < 1.29 is 4.79 Å². The second-order valence-electron chi connectivity index (χ2n) is 5.05. The zero-order valence-electron chi connectivity index (χ0n) is 10.4. The molecule has 1 N–H and O–H groups in total. The summed E-state index contributed by atoms with van der Waals surface area (Å²) >= 11 is 0. The average Bonchev–Trinajstić information content (AvgIpc) is 2.25. The molecule has 1 spiro atoms. The van der Waals surface area contributed by atoms with Crippen LogP contribution >= 0.6 is 0 Å². The summed E-state index contributed by atoms with van der Waals surface area (Å²) in [6, 6.07) is 6.11. The van der Waals surface area contributed by atoms with E-state index in [1.807, 2.05) is 12.1 Å². The summed E-state index contributed by atoms with van der Waals surface area (Å²) in [5.74, 6) is 0.184. The first kappa shape index (κ1) is 10.6. The van der Waals surface area contributed by atoms with Crippen LogP contribution in [0.15, 0.2) is 18.2 Å². The molecule has 3 heteroatoms. The lowest BCUT2D eigenvalue weighted by Crippen LogP contribution is -2.64. The molecule has 3 rings (SSSR count). The van der Waals surface area contributed by atoms with Crippen molar-refractivity contribution in [2.24, 2.45) is 0 Å².